The first kappa shape index (κ1) is 38.6. The Hall–Kier alpha value is -4.23. The highest BCUT2D eigenvalue weighted by Crippen LogP contribution is 2.38. The predicted molar refractivity (Wildman–Crippen MR) is 152 cm³/mol. The maximum atomic E-state index is 14.0. The van der Waals surface area contributed by atoms with Crippen LogP contribution in [0.25, 0.3) is 11.2 Å². The largest absolute Gasteiger partial charge is 0.471 e. The molecule has 9 nitrogen and oxygen atoms in total. The van der Waals surface area contributed by atoms with Crippen LogP contribution < -0.4 is 15.4 Å². The van der Waals surface area contributed by atoms with Gasteiger partial charge in [0, 0.05) is 26.1 Å². The number of carbonyl (C=O) groups is 2. The van der Waals surface area contributed by atoms with Crippen LogP contribution in [0.1, 0.15) is 65.5 Å². The Kier molecular flexibility index (Phi) is 10.9. The van der Waals surface area contributed by atoms with Crippen molar-refractivity contribution in [3.8, 4) is 5.88 Å². The van der Waals surface area contributed by atoms with Crippen molar-refractivity contribution in [2.75, 3.05) is 6.61 Å². The molecule has 276 valence electrons. The number of hydrogen-bond donors (Lipinski definition) is 3. The lowest BCUT2D eigenvalue weighted by Crippen LogP contribution is -2.54. The Morgan fingerprint density at radius 1 is 1.00 bits per heavy atom. The number of halogens is 11. The normalized spacial score (nSPS) is 18.6. The predicted octanol–water partition coefficient (Wildman–Crippen LogP) is 6.00. The van der Waals surface area contributed by atoms with Crippen molar-refractivity contribution in [1.82, 2.24) is 25.2 Å². The number of rotatable bonds is 10. The van der Waals surface area contributed by atoms with Crippen LogP contribution in [0.4, 0.5) is 48.3 Å². The van der Waals surface area contributed by atoms with E-state index in [0.29, 0.717) is 6.07 Å². The van der Waals surface area contributed by atoms with E-state index in [1.807, 2.05) is 5.32 Å². The summed E-state index contributed by atoms with van der Waals surface area (Å²) in [6.45, 7) is -1.68. The van der Waals surface area contributed by atoms with Crippen molar-refractivity contribution < 1.29 is 67.7 Å². The van der Waals surface area contributed by atoms with Crippen LogP contribution in [-0.2, 0) is 31.0 Å². The summed E-state index contributed by atoms with van der Waals surface area (Å²) >= 11 is 0. The third kappa shape index (κ3) is 8.73. The van der Waals surface area contributed by atoms with Crippen LogP contribution in [0.15, 0.2) is 24.3 Å². The lowest BCUT2D eigenvalue weighted by molar-refractivity contribution is -0.245. The number of benzene rings is 1. The van der Waals surface area contributed by atoms with Crippen molar-refractivity contribution >= 4 is 23.0 Å². The second kappa shape index (κ2) is 14.2. The molecule has 4 rings (SSSR count). The Morgan fingerprint density at radius 3 is 2.20 bits per heavy atom. The summed E-state index contributed by atoms with van der Waals surface area (Å²) in [5.74, 6) is -4.97. The Labute approximate surface area is 276 Å². The van der Waals surface area contributed by atoms with Gasteiger partial charge in [-0.25, -0.2) is 13.8 Å². The zero-order valence-corrected chi connectivity index (χ0v) is 26.2. The number of nitrogens with one attached hydrogen (secondary N) is 2. The number of hydrogen-bond acceptors (Lipinski definition) is 6. The quantitative estimate of drug-likeness (QED) is 0.220. The van der Waals surface area contributed by atoms with Crippen LogP contribution >= 0.6 is 0 Å². The number of imidazole rings is 1. The summed E-state index contributed by atoms with van der Waals surface area (Å²) in [6, 6.07) is 2.92. The van der Waals surface area contributed by atoms with E-state index < -0.39 is 96.5 Å². The maximum absolute atomic E-state index is 14.0. The van der Waals surface area contributed by atoms with Gasteiger partial charge < -0.3 is 25.0 Å². The van der Waals surface area contributed by atoms with Crippen molar-refractivity contribution in [3.05, 3.63) is 52.3 Å². The van der Waals surface area contributed by atoms with Gasteiger partial charge >= 0.3 is 18.5 Å². The van der Waals surface area contributed by atoms with Gasteiger partial charge in [0.1, 0.15) is 16.9 Å². The minimum Gasteiger partial charge on any atom is -0.471 e. The van der Waals surface area contributed by atoms with Gasteiger partial charge in [-0.3, -0.25) is 9.59 Å². The van der Waals surface area contributed by atoms with Crippen molar-refractivity contribution in [1.29, 1.82) is 0 Å². The number of nitrogens with zero attached hydrogens (tertiary/aromatic N) is 3. The molecule has 2 amide bonds. The number of pyridine rings is 1. The molecule has 0 aliphatic heterocycles. The molecule has 1 saturated carbocycles. The molecule has 2 aromatic heterocycles. The molecule has 1 aromatic carbocycles. The van der Waals surface area contributed by atoms with Crippen LogP contribution in [-0.4, -0.2) is 68.5 Å². The third-order valence-corrected chi connectivity index (χ3v) is 8.29. The summed E-state index contributed by atoms with van der Waals surface area (Å²) in [6.07, 6.45) is -18.7. The fraction of sp³-hybridized carbons (Fsp3) is 0.533. The standard InChI is InChI=1S/C30H30F11N5O4/c1-27(49,30(39,40)41)26(48)42-12-14-3-8-19(29(36,37)38)15(9-14)10-22-44-20-11-18(25(50-13-21(31)32)45-23(20)46(22)2)24(47)43-17-6-4-16(5-7-17)28(33,34)35/h3,8-9,11,16-17,21,49H,4-7,10,12-13H2,1-2H3,(H,42,48)(H,43,47). The van der Waals surface area contributed by atoms with E-state index in [0.717, 1.165) is 18.2 Å². The zero-order valence-electron chi connectivity index (χ0n) is 26.2. The molecule has 2 heterocycles. The number of ether oxygens (including phenoxy) is 1. The summed E-state index contributed by atoms with van der Waals surface area (Å²) in [5, 5.41) is 13.9. The van der Waals surface area contributed by atoms with Crippen molar-refractivity contribution in [3.63, 3.8) is 0 Å². The second-order valence-electron chi connectivity index (χ2n) is 12.0. The van der Waals surface area contributed by atoms with E-state index in [-0.39, 0.29) is 55.2 Å². The fourth-order valence-corrected chi connectivity index (χ4v) is 5.38. The van der Waals surface area contributed by atoms with E-state index in [4.69, 9.17) is 4.74 Å². The minimum atomic E-state index is -5.34. The monoisotopic (exact) mass is 733 g/mol. The van der Waals surface area contributed by atoms with Crippen LogP contribution in [0.3, 0.4) is 0 Å². The van der Waals surface area contributed by atoms with Crippen LogP contribution in [0.5, 0.6) is 5.88 Å². The number of aromatic nitrogens is 3. The molecule has 0 spiro atoms. The highest BCUT2D eigenvalue weighted by Gasteiger charge is 2.55. The van der Waals surface area contributed by atoms with Gasteiger partial charge in [0.2, 0.25) is 11.5 Å². The number of carbonyl (C=O) groups excluding carboxylic acids is 2. The summed E-state index contributed by atoms with van der Waals surface area (Å²) in [4.78, 5) is 33.5. The molecule has 1 aliphatic rings. The Balaban J connectivity index is 1.64. The molecule has 1 aliphatic carbocycles. The number of alkyl halides is 11. The van der Waals surface area contributed by atoms with E-state index in [2.05, 4.69) is 15.3 Å². The van der Waals surface area contributed by atoms with Gasteiger partial charge in [-0.05, 0) is 55.9 Å². The topological polar surface area (TPSA) is 118 Å². The molecule has 1 fully saturated rings. The molecule has 3 aromatic rings. The van der Waals surface area contributed by atoms with E-state index in [1.165, 1.54) is 11.6 Å². The first-order valence-electron chi connectivity index (χ1n) is 14.9. The summed E-state index contributed by atoms with van der Waals surface area (Å²) in [5.41, 5.74) is -6.02. The Morgan fingerprint density at radius 2 is 1.64 bits per heavy atom. The van der Waals surface area contributed by atoms with Gasteiger partial charge in [0.25, 0.3) is 18.2 Å². The number of fused-ring (bicyclic) bond motifs is 1. The first-order chi connectivity index (χ1) is 23.0. The molecule has 0 saturated heterocycles. The van der Waals surface area contributed by atoms with Crippen molar-refractivity contribution in [2.24, 2.45) is 13.0 Å². The molecule has 50 heavy (non-hydrogen) atoms. The number of aryl methyl sites for hydroxylation is 1. The highest BCUT2D eigenvalue weighted by atomic mass is 19.4. The van der Waals surface area contributed by atoms with Gasteiger partial charge in [0.15, 0.2) is 12.3 Å². The molecular weight excluding hydrogens is 703 g/mol. The van der Waals surface area contributed by atoms with Gasteiger partial charge in [0.05, 0.1) is 11.5 Å². The van der Waals surface area contributed by atoms with E-state index in [1.54, 1.807) is 0 Å². The minimum absolute atomic E-state index is 0.0154. The first-order valence-corrected chi connectivity index (χ1v) is 14.9. The lowest BCUT2D eigenvalue weighted by atomic mass is 9.85. The Bertz CT molecular complexity index is 1710. The highest BCUT2D eigenvalue weighted by molar-refractivity contribution is 5.99. The fourth-order valence-electron chi connectivity index (χ4n) is 5.38. The second-order valence-corrected chi connectivity index (χ2v) is 12.0. The average molecular weight is 734 g/mol. The molecule has 1 atom stereocenters. The summed E-state index contributed by atoms with van der Waals surface area (Å²) < 4.78 is 152. The SMILES string of the molecule is Cn1c(Cc2cc(CNC(=O)C(C)(O)C(F)(F)F)ccc2C(F)(F)F)nc2cc(C(=O)NC3CCC(C(F)(F)F)CC3)c(OCC(F)F)nc21. The molecular formula is C30H30F11N5O4. The van der Waals surface area contributed by atoms with Gasteiger partial charge in [-0.15, -0.1) is 0 Å². The van der Waals surface area contributed by atoms with Gasteiger partial charge in [-0.2, -0.15) is 44.5 Å². The van der Waals surface area contributed by atoms with Crippen LogP contribution in [0, 0.1) is 5.92 Å². The lowest BCUT2D eigenvalue weighted by Gasteiger charge is -2.30. The molecule has 20 heteroatoms. The smallest absolute Gasteiger partial charge is 0.426 e. The average Bonchev–Trinajstić information content (AvgIpc) is 3.30. The molecule has 0 bridgehead atoms. The molecule has 1 unspecified atom stereocenters. The van der Waals surface area contributed by atoms with Gasteiger partial charge in [-0.1, -0.05) is 12.1 Å². The van der Waals surface area contributed by atoms with Crippen LogP contribution in [0.2, 0.25) is 0 Å². The summed E-state index contributed by atoms with van der Waals surface area (Å²) in [7, 11) is 1.32. The molecule has 3 N–H and O–H groups in total. The van der Waals surface area contributed by atoms with E-state index in [9.17, 15) is 63.0 Å². The van der Waals surface area contributed by atoms with Crippen molar-refractivity contribution in [2.45, 2.75) is 82.2 Å². The van der Waals surface area contributed by atoms with E-state index >= 15 is 0 Å². The molecule has 0 radical (unpaired) electrons. The number of aliphatic hydroxyl groups is 1. The number of amides is 2. The third-order valence-electron chi connectivity index (χ3n) is 8.29. The maximum Gasteiger partial charge on any atom is 0.426 e. The zero-order chi connectivity index (χ0) is 37.4.